The molecule has 4 heteroatoms. The van der Waals surface area contributed by atoms with Crippen molar-refractivity contribution in [3.05, 3.63) is 33.9 Å². The molecule has 2 aliphatic rings. The molecule has 0 unspecified atom stereocenters. The van der Waals surface area contributed by atoms with Crippen molar-refractivity contribution in [2.24, 2.45) is 17.8 Å². The lowest BCUT2D eigenvalue weighted by Crippen LogP contribution is -2.18. The van der Waals surface area contributed by atoms with Crippen LogP contribution in [0.25, 0.3) is 0 Å². The van der Waals surface area contributed by atoms with Crippen molar-refractivity contribution in [1.29, 1.82) is 0 Å². The minimum atomic E-state index is -0.301. The number of nitrogens with one attached hydrogen (secondary N) is 1. The molecule has 102 valence electrons. The van der Waals surface area contributed by atoms with Crippen LogP contribution in [0.3, 0.4) is 0 Å². The first-order chi connectivity index (χ1) is 9.15. The second kappa shape index (κ2) is 4.83. The van der Waals surface area contributed by atoms with Crippen LogP contribution in [0.2, 0.25) is 0 Å². The van der Waals surface area contributed by atoms with Crippen LogP contribution >= 0.6 is 0 Å². The third kappa shape index (κ3) is 2.88. The molecule has 0 radical (unpaired) electrons. The van der Waals surface area contributed by atoms with Gasteiger partial charge >= 0.3 is 0 Å². The monoisotopic (exact) mass is 260 g/mol. The van der Waals surface area contributed by atoms with Gasteiger partial charge in [0.25, 0.3) is 5.69 Å². The summed E-state index contributed by atoms with van der Waals surface area (Å²) in [5.74, 6) is 2.45. The lowest BCUT2D eigenvalue weighted by atomic mass is 9.98. The Labute approximate surface area is 113 Å². The van der Waals surface area contributed by atoms with Gasteiger partial charge in [-0.1, -0.05) is 6.07 Å². The molecule has 2 saturated carbocycles. The van der Waals surface area contributed by atoms with Crippen LogP contribution in [0, 0.1) is 34.8 Å². The first kappa shape index (κ1) is 12.5. The Morgan fingerprint density at radius 3 is 2.47 bits per heavy atom. The number of hydrogen-bond acceptors (Lipinski definition) is 3. The van der Waals surface area contributed by atoms with Crippen LogP contribution in [0.15, 0.2) is 18.2 Å². The maximum atomic E-state index is 11.0. The zero-order valence-electron chi connectivity index (χ0n) is 11.3. The molecule has 2 aliphatic carbocycles. The smallest absolute Gasteiger partial charge is 0.292 e. The standard InChI is InChI=1S/C15H20N2O2/c1-10-2-7-15(17(18)19)14(8-10)16-9-13(11-3-4-11)12-5-6-12/h2,7-8,11-13,16H,3-6,9H2,1H3. The Bertz CT molecular complexity index is 481. The molecule has 1 N–H and O–H groups in total. The van der Waals surface area contributed by atoms with Gasteiger partial charge in [-0.05, 0) is 62.0 Å². The number of rotatable bonds is 6. The maximum Gasteiger partial charge on any atom is 0.292 e. The Morgan fingerprint density at radius 2 is 1.95 bits per heavy atom. The summed E-state index contributed by atoms with van der Waals surface area (Å²) in [7, 11) is 0. The molecule has 0 amide bonds. The number of anilines is 1. The highest BCUT2D eigenvalue weighted by Crippen LogP contribution is 2.49. The fourth-order valence-corrected chi connectivity index (χ4v) is 2.95. The van der Waals surface area contributed by atoms with Gasteiger partial charge in [0.2, 0.25) is 0 Å². The summed E-state index contributed by atoms with van der Waals surface area (Å²) < 4.78 is 0. The van der Waals surface area contributed by atoms with Crippen molar-refractivity contribution in [2.45, 2.75) is 32.6 Å². The van der Waals surface area contributed by atoms with Gasteiger partial charge < -0.3 is 5.32 Å². The summed E-state index contributed by atoms with van der Waals surface area (Å²) in [5.41, 5.74) is 1.93. The van der Waals surface area contributed by atoms with Crippen LogP contribution < -0.4 is 5.32 Å². The van der Waals surface area contributed by atoms with E-state index in [2.05, 4.69) is 5.32 Å². The molecule has 19 heavy (non-hydrogen) atoms. The van der Waals surface area contributed by atoms with E-state index in [1.54, 1.807) is 12.1 Å². The highest BCUT2D eigenvalue weighted by molar-refractivity contribution is 5.62. The number of nitro benzene ring substituents is 1. The summed E-state index contributed by atoms with van der Waals surface area (Å²) in [6, 6.07) is 5.28. The van der Waals surface area contributed by atoms with E-state index in [0.717, 1.165) is 29.9 Å². The van der Waals surface area contributed by atoms with Crippen LogP contribution in [-0.4, -0.2) is 11.5 Å². The van der Waals surface area contributed by atoms with E-state index in [1.807, 2.05) is 13.0 Å². The molecule has 4 nitrogen and oxygen atoms in total. The normalized spacial score (nSPS) is 18.6. The van der Waals surface area contributed by atoms with Crippen molar-refractivity contribution in [3.8, 4) is 0 Å². The second-order valence-electron chi connectivity index (χ2n) is 6.00. The molecule has 3 rings (SSSR count). The van der Waals surface area contributed by atoms with Crippen molar-refractivity contribution in [2.75, 3.05) is 11.9 Å². The fraction of sp³-hybridized carbons (Fsp3) is 0.600. The number of aryl methyl sites for hydroxylation is 1. The minimum Gasteiger partial charge on any atom is -0.379 e. The lowest BCUT2D eigenvalue weighted by Gasteiger charge is -2.17. The van der Waals surface area contributed by atoms with E-state index in [9.17, 15) is 10.1 Å². The molecule has 0 saturated heterocycles. The van der Waals surface area contributed by atoms with Crippen LogP contribution in [0.4, 0.5) is 11.4 Å². The number of nitro groups is 1. The first-order valence-electron chi connectivity index (χ1n) is 7.14. The molecule has 0 heterocycles. The van der Waals surface area contributed by atoms with E-state index < -0.39 is 0 Å². The molecule has 0 atom stereocenters. The quantitative estimate of drug-likeness (QED) is 0.626. The van der Waals surface area contributed by atoms with Crippen LogP contribution in [-0.2, 0) is 0 Å². The van der Waals surface area contributed by atoms with Crippen molar-refractivity contribution in [1.82, 2.24) is 0 Å². The maximum absolute atomic E-state index is 11.0. The Balaban J connectivity index is 1.71. The summed E-state index contributed by atoms with van der Waals surface area (Å²) >= 11 is 0. The molecule has 0 aromatic heterocycles. The van der Waals surface area contributed by atoms with Gasteiger partial charge in [-0.2, -0.15) is 0 Å². The summed E-state index contributed by atoms with van der Waals surface area (Å²) in [6.07, 6.45) is 5.38. The van der Waals surface area contributed by atoms with Crippen molar-refractivity contribution >= 4 is 11.4 Å². The largest absolute Gasteiger partial charge is 0.379 e. The van der Waals surface area contributed by atoms with Gasteiger partial charge in [-0.3, -0.25) is 10.1 Å². The van der Waals surface area contributed by atoms with E-state index in [-0.39, 0.29) is 10.6 Å². The molecule has 2 fully saturated rings. The summed E-state index contributed by atoms with van der Waals surface area (Å²) in [6.45, 7) is 2.85. The zero-order valence-corrected chi connectivity index (χ0v) is 11.3. The van der Waals surface area contributed by atoms with Gasteiger partial charge in [-0.25, -0.2) is 0 Å². The summed E-state index contributed by atoms with van der Waals surface area (Å²) in [5, 5.41) is 14.4. The molecule has 1 aromatic rings. The molecular weight excluding hydrogens is 240 g/mol. The highest BCUT2D eigenvalue weighted by Gasteiger charge is 2.41. The Kier molecular flexibility index (Phi) is 3.17. The SMILES string of the molecule is Cc1ccc([N+](=O)[O-])c(NCC(C2CC2)C2CC2)c1. The molecule has 0 spiro atoms. The summed E-state index contributed by atoms with van der Waals surface area (Å²) in [4.78, 5) is 10.7. The number of hydrogen-bond donors (Lipinski definition) is 1. The first-order valence-corrected chi connectivity index (χ1v) is 7.14. The topological polar surface area (TPSA) is 55.2 Å². The third-order valence-corrected chi connectivity index (χ3v) is 4.33. The van der Waals surface area contributed by atoms with E-state index in [4.69, 9.17) is 0 Å². The number of nitrogens with zero attached hydrogens (tertiary/aromatic N) is 1. The molecule has 0 aliphatic heterocycles. The second-order valence-corrected chi connectivity index (χ2v) is 6.00. The van der Waals surface area contributed by atoms with Gasteiger partial charge in [0.05, 0.1) is 4.92 Å². The predicted octanol–water partition coefficient (Wildman–Crippen LogP) is 3.75. The lowest BCUT2D eigenvalue weighted by molar-refractivity contribution is -0.384. The number of benzene rings is 1. The predicted molar refractivity (Wildman–Crippen MR) is 75.3 cm³/mol. The van der Waals surface area contributed by atoms with Gasteiger partial charge in [-0.15, -0.1) is 0 Å². The molecule has 0 bridgehead atoms. The fourth-order valence-electron chi connectivity index (χ4n) is 2.95. The van der Waals surface area contributed by atoms with Crippen molar-refractivity contribution < 1.29 is 4.92 Å². The zero-order chi connectivity index (χ0) is 13.4. The van der Waals surface area contributed by atoms with E-state index in [0.29, 0.717) is 5.69 Å². The van der Waals surface area contributed by atoms with Crippen LogP contribution in [0.5, 0.6) is 0 Å². The average Bonchev–Trinajstić information content (AvgIpc) is 3.24. The highest BCUT2D eigenvalue weighted by atomic mass is 16.6. The van der Waals surface area contributed by atoms with Gasteiger partial charge in [0.1, 0.15) is 5.69 Å². The molecule has 1 aromatic carbocycles. The Morgan fingerprint density at radius 1 is 1.32 bits per heavy atom. The Hall–Kier alpha value is -1.58. The third-order valence-electron chi connectivity index (χ3n) is 4.33. The van der Waals surface area contributed by atoms with Crippen LogP contribution in [0.1, 0.15) is 31.2 Å². The van der Waals surface area contributed by atoms with Crippen molar-refractivity contribution in [3.63, 3.8) is 0 Å². The molecular formula is C15H20N2O2. The minimum absolute atomic E-state index is 0.191. The van der Waals surface area contributed by atoms with E-state index in [1.165, 1.54) is 25.7 Å². The average molecular weight is 260 g/mol. The van der Waals surface area contributed by atoms with Gasteiger partial charge in [0.15, 0.2) is 0 Å². The van der Waals surface area contributed by atoms with E-state index >= 15 is 0 Å². The van der Waals surface area contributed by atoms with Gasteiger partial charge in [0, 0.05) is 12.6 Å².